The number of carbonyl (C=O) groups is 1. The summed E-state index contributed by atoms with van der Waals surface area (Å²) in [6, 6.07) is 8.44. The van der Waals surface area contributed by atoms with Crippen molar-refractivity contribution in [2.75, 3.05) is 4.90 Å². The highest BCUT2D eigenvalue weighted by atomic mass is 32.1. The minimum absolute atomic E-state index is 0.0203. The predicted molar refractivity (Wildman–Crippen MR) is 72.2 cm³/mol. The molecule has 1 fully saturated rings. The zero-order valence-corrected chi connectivity index (χ0v) is 11.1. The standard InChI is InChI=1S/C14H15NO2S/c1-10(16)13-6-7-14(17-13)15(11-4-5-11)9-12-3-2-8-18-12/h2-3,6-8,11H,4-5,9H2,1H3. The first-order valence-corrected chi connectivity index (χ1v) is 7.02. The highest BCUT2D eigenvalue weighted by molar-refractivity contribution is 7.09. The third kappa shape index (κ3) is 2.34. The van der Waals surface area contributed by atoms with Crippen LogP contribution < -0.4 is 4.90 Å². The molecule has 0 aliphatic heterocycles. The molecule has 0 bridgehead atoms. The fourth-order valence-corrected chi connectivity index (χ4v) is 2.72. The summed E-state index contributed by atoms with van der Waals surface area (Å²) < 4.78 is 5.64. The highest BCUT2D eigenvalue weighted by Crippen LogP contribution is 2.34. The number of carbonyl (C=O) groups excluding carboxylic acids is 1. The zero-order valence-electron chi connectivity index (χ0n) is 10.3. The molecule has 0 aromatic carbocycles. The third-order valence-corrected chi connectivity index (χ3v) is 3.98. The van der Waals surface area contributed by atoms with E-state index in [9.17, 15) is 4.79 Å². The van der Waals surface area contributed by atoms with Crippen molar-refractivity contribution in [2.24, 2.45) is 0 Å². The lowest BCUT2D eigenvalue weighted by molar-refractivity contribution is 0.0987. The minimum Gasteiger partial charge on any atom is -0.437 e. The summed E-state index contributed by atoms with van der Waals surface area (Å²) in [6.45, 7) is 2.40. The number of thiophene rings is 1. The van der Waals surface area contributed by atoms with Crippen LogP contribution in [0.5, 0.6) is 0 Å². The van der Waals surface area contributed by atoms with Gasteiger partial charge < -0.3 is 9.32 Å². The van der Waals surface area contributed by atoms with E-state index in [0.717, 1.165) is 12.4 Å². The summed E-state index contributed by atoms with van der Waals surface area (Å²) in [7, 11) is 0. The van der Waals surface area contributed by atoms with Crippen LogP contribution in [0.25, 0.3) is 0 Å². The normalized spacial score (nSPS) is 14.7. The van der Waals surface area contributed by atoms with Crippen LogP contribution in [0, 0.1) is 0 Å². The Bertz CT molecular complexity index is 540. The lowest BCUT2D eigenvalue weighted by Gasteiger charge is -2.20. The van der Waals surface area contributed by atoms with Gasteiger partial charge in [-0.25, -0.2) is 0 Å². The molecule has 2 aromatic heterocycles. The predicted octanol–water partition coefficient (Wildman–Crippen LogP) is 3.71. The maximum Gasteiger partial charge on any atom is 0.196 e. The average Bonchev–Trinajstić information content (AvgIpc) is 2.88. The van der Waals surface area contributed by atoms with E-state index < -0.39 is 0 Å². The maximum absolute atomic E-state index is 11.3. The smallest absolute Gasteiger partial charge is 0.196 e. The fraction of sp³-hybridized carbons (Fsp3) is 0.357. The van der Waals surface area contributed by atoms with Crippen molar-refractivity contribution >= 4 is 23.0 Å². The molecule has 2 aromatic rings. The molecule has 0 radical (unpaired) electrons. The molecule has 1 saturated carbocycles. The van der Waals surface area contributed by atoms with Gasteiger partial charge in [0, 0.05) is 23.9 Å². The Hall–Kier alpha value is -1.55. The molecule has 94 valence electrons. The third-order valence-electron chi connectivity index (χ3n) is 3.12. The number of Topliss-reactive ketones (excluding diaryl/α,β-unsaturated/α-hetero) is 1. The van der Waals surface area contributed by atoms with Gasteiger partial charge in [-0.05, 0) is 30.4 Å². The van der Waals surface area contributed by atoms with Crippen LogP contribution in [0.3, 0.4) is 0 Å². The topological polar surface area (TPSA) is 33.5 Å². The molecule has 0 unspecified atom stereocenters. The molecule has 3 rings (SSSR count). The van der Waals surface area contributed by atoms with Crippen LogP contribution in [-0.2, 0) is 6.54 Å². The van der Waals surface area contributed by atoms with Crippen LogP contribution in [0.15, 0.2) is 34.1 Å². The van der Waals surface area contributed by atoms with Gasteiger partial charge in [-0.2, -0.15) is 0 Å². The second kappa shape index (κ2) is 4.61. The van der Waals surface area contributed by atoms with Crippen LogP contribution in [-0.4, -0.2) is 11.8 Å². The zero-order chi connectivity index (χ0) is 12.5. The van der Waals surface area contributed by atoms with Gasteiger partial charge in [0.1, 0.15) is 0 Å². The molecule has 0 atom stereocenters. The Balaban J connectivity index is 1.82. The molecule has 1 aliphatic carbocycles. The summed E-state index contributed by atoms with van der Waals surface area (Å²) >= 11 is 1.75. The second-order valence-corrected chi connectivity index (χ2v) is 5.66. The monoisotopic (exact) mass is 261 g/mol. The number of nitrogens with zero attached hydrogens (tertiary/aromatic N) is 1. The lowest BCUT2D eigenvalue weighted by Crippen LogP contribution is -2.23. The van der Waals surface area contributed by atoms with Gasteiger partial charge in [0.2, 0.25) is 0 Å². The first kappa shape index (κ1) is 11.5. The van der Waals surface area contributed by atoms with Crippen molar-refractivity contribution in [2.45, 2.75) is 32.4 Å². The molecule has 18 heavy (non-hydrogen) atoms. The van der Waals surface area contributed by atoms with E-state index in [1.54, 1.807) is 17.4 Å². The molecule has 0 spiro atoms. The lowest BCUT2D eigenvalue weighted by atomic mass is 10.3. The fourth-order valence-electron chi connectivity index (χ4n) is 2.01. The first-order chi connectivity index (χ1) is 8.74. The van der Waals surface area contributed by atoms with E-state index in [0.29, 0.717) is 11.8 Å². The van der Waals surface area contributed by atoms with E-state index in [4.69, 9.17) is 4.42 Å². The number of hydrogen-bond donors (Lipinski definition) is 0. The van der Waals surface area contributed by atoms with Crippen LogP contribution in [0.4, 0.5) is 5.88 Å². The van der Waals surface area contributed by atoms with Crippen molar-refractivity contribution in [1.82, 2.24) is 0 Å². The van der Waals surface area contributed by atoms with Gasteiger partial charge >= 0.3 is 0 Å². The molecule has 1 aliphatic rings. The SMILES string of the molecule is CC(=O)c1ccc(N(Cc2cccs2)C2CC2)o1. The summed E-state index contributed by atoms with van der Waals surface area (Å²) in [5.74, 6) is 1.24. The van der Waals surface area contributed by atoms with Crippen molar-refractivity contribution in [3.8, 4) is 0 Å². The molecule has 0 N–H and O–H groups in total. The summed E-state index contributed by atoms with van der Waals surface area (Å²) in [5.41, 5.74) is 0. The molecular formula is C14H15NO2S. The van der Waals surface area contributed by atoms with Gasteiger partial charge in [0.25, 0.3) is 0 Å². The van der Waals surface area contributed by atoms with E-state index in [-0.39, 0.29) is 5.78 Å². The van der Waals surface area contributed by atoms with Crippen molar-refractivity contribution in [1.29, 1.82) is 0 Å². The van der Waals surface area contributed by atoms with E-state index in [1.165, 1.54) is 24.6 Å². The Morgan fingerprint density at radius 3 is 2.83 bits per heavy atom. The number of rotatable bonds is 5. The van der Waals surface area contributed by atoms with E-state index >= 15 is 0 Å². The van der Waals surface area contributed by atoms with Crippen LogP contribution in [0.1, 0.15) is 35.2 Å². The van der Waals surface area contributed by atoms with E-state index in [2.05, 4.69) is 22.4 Å². The van der Waals surface area contributed by atoms with Gasteiger partial charge in [-0.15, -0.1) is 11.3 Å². The van der Waals surface area contributed by atoms with Gasteiger partial charge in [0.05, 0.1) is 6.54 Å². The molecular weight excluding hydrogens is 246 g/mol. The van der Waals surface area contributed by atoms with Gasteiger partial charge in [-0.3, -0.25) is 4.79 Å². The quantitative estimate of drug-likeness (QED) is 0.769. The highest BCUT2D eigenvalue weighted by Gasteiger charge is 2.31. The molecule has 2 heterocycles. The molecule has 3 nitrogen and oxygen atoms in total. The van der Waals surface area contributed by atoms with Gasteiger partial charge in [-0.1, -0.05) is 6.07 Å². The Morgan fingerprint density at radius 1 is 1.44 bits per heavy atom. The van der Waals surface area contributed by atoms with Crippen LogP contribution in [0.2, 0.25) is 0 Å². The van der Waals surface area contributed by atoms with Crippen molar-refractivity contribution < 1.29 is 9.21 Å². The summed E-state index contributed by atoms with van der Waals surface area (Å²) in [6.07, 6.45) is 2.42. The van der Waals surface area contributed by atoms with Crippen LogP contribution >= 0.6 is 11.3 Å². The second-order valence-electron chi connectivity index (χ2n) is 4.63. The Kier molecular flexibility index (Phi) is 2.96. The first-order valence-electron chi connectivity index (χ1n) is 6.14. The number of hydrogen-bond acceptors (Lipinski definition) is 4. The Labute approximate surface area is 110 Å². The largest absolute Gasteiger partial charge is 0.437 e. The maximum atomic E-state index is 11.3. The number of furan rings is 1. The van der Waals surface area contributed by atoms with Crippen molar-refractivity contribution in [3.05, 3.63) is 40.3 Å². The molecule has 0 amide bonds. The summed E-state index contributed by atoms with van der Waals surface area (Å²) in [4.78, 5) is 14.9. The van der Waals surface area contributed by atoms with E-state index in [1.807, 2.05) is 6.07 Å². The average molecular weight is 261 g/mol. The summed E-state index contributed by atoms with van der Waals surface area (Å²) in [5, 5.41) is 2.09. The minimum atomic E-state index is -0.0203. The molecule has 0 saturated heterocycles. The molecule has 4 heteroatoms. The number of ketones is 1. The van der Waals surface area contributed by atoms with Crippen molar-refractivity contribution in [3.63, 3.8) is 0 Å². The van der Waals surface area contributed by atoms with Gasteiger partial charge in [0.15, 0.2) is 17.4 Å². The Morgan fingerprint density at radius 2 is 2.28 bits per heavy atom. The number of anilines is 1.